The van der Waals surface area contributed by atoms with Gasteiger partial charge in [-0.1, -0.05) is 49.4 Å². The molecule has 10 heteroatoms. The number of carbonyl (C=O) groups is 1. The van der Waals surface area contributed by atoms with E-state index in [2.05, 4.69) is 31.8 Å². The van der Waals surface area contributed by atoms with Gasteiger partial charge in [-0.05, 0) is 42.3 Å². The zero-order valence-electron chi connectivity index (χ0n) is 19.1. The molecule has 2 aromatic carbocycles. The van der Waals surface area contributed by atoms with Gasteiger partial charge in [-0.25, -0.2) is 23.2 Å². The van der Waals surface area contributed by atoms with Crippen molar-refractivity contribution in [3.8, 4) is 22.5 Å². The average Bonchev–Trinajstić information content (AvgIpc) is 3.32. The number of H-pyrrole nitrogens is 1. The Kier molecular flexibility index (Phi) is 5.95. The van der Waals surface area contributed by atoms with Gasteiger partial charge in [0, 0.05) is 17.3 Å². The van der Waals surface area contributed by atoms with Crippen LogP contribution in [0.1, 0.15) is 22.8 Å². The molecule has 3 N–H and O–H groups in total. The molecule has 0 aliphatic heterocycles. The number of aromatic amines is 1. The zero-order valence-corrected chi connectivity index (χ0v) is 20.0. The molecule has 0 amide bonds. The van der Waals surface area contributed by atoms with Crippen LogP contribution in [0.5, 0.6) is 0 Å². The smallest absolute Gasteiger partial charge is 0.336 e. The second-order valence-corrected chi connectivity index (χ2v) is 9.74. The number of rotatable bonds is 7. The SMILES string of the molecule is CCc1ccc(-c2[nH]nc3nc(-c4ccc(S(=O)(=O)Nc5ccccn5)cc4)cc(C(=O)O)c23)cc1. The van der Waals surface area contributed by atoms with Gasteiger partial charge >= 0.3 is 5.97 Å². The topological polar surface area (TPSA) is 138 Å². The number of aromatic nitrogens is 4. The third-order valence-electron chi connectivity index (χ3n) is 5.77. The minimum Gasteiger partial charge on any atom is -0.478 e. The summed E-state index contributed by atoms with van der Waals surface area (Å²) >= 11 is 0. The summed E-state index contributed by atoms with van der Waals surface area (Å²) in [5.41, 5.74) is 3.77. The van der Waals surface area contributed by atoms with Gasteiger partial charge in [-0.15, -0.1) is 0 Å². The van der Waals surface area contributed by atoms with Crippen LogP contribution in [0.25, 0.3) is 33.5 Å². The van der Waals surface area contributed by atoms with Gasteiger partial charge in [0.25, 0.3) is 10.0 Å². The Labute approximate surface area is 206 Å². The number of hydrogen-bond acceptors (Lipinski definition) is 6. The highest BCUT2D eigenvalue weighted by molar-refractivity contribution is 7.92. The van der Waals surface area contributed by atoms with Crippen molar-refractivity contribution in [3.63, 3.8) is 0 Å². The summed E-state index contributed by atoms with van der Waals surface area (Å²) in [6, 6.07) is 20.2. The summed E-state index contributed by atoms with van der Waals surface area (Å²) in [4.78, 5) is 20.7. The molecule has 180 valence electrons. The van der Waals surface area contributed by atoms with Crippen LogP contribution in [-0.2, 0) is 16.4 Å². The standard InChI is InChI=1S/C26H21N5O4S/c1-2-16-6-8-18(9-7-16)24-23-20(26(32)33)15-21(28-25(23)30-29-24)17-10-12-19(13-11-17)36(34,35)31-22-5-3-4-14-27-22/h3-15H,2H2,1H3,(H,27,31)(H,32,33)(H,28,29,30). The summed E-state index contributed by atoms with van der Waals surface area (Å²) in [5.74, 6) is -0.909. The molecule has 0 saturated carbocycles. The highest BCUT2D eigenvalue weighted by Crippen LogP contribution is 2.32. The summed E-state index contributed by atoms with van der Waals surface area (Å²) < 4.78 is 27.8. The number of fused-ring (bicyclic) bond motifs is 1. The Balaban J connectivity index is 1.52. The fraction of sp³-hybridized carbons (Fsp3) is 0.0769. The van der Waals surface area contributed by atoms with Gasteiger partial charge in [0.05, 0.1) is 27.2 Å². The number of sulfonamides is 1. The second kappa shape index (κ2) is 9.23. The predicted octanol–water partition coefficient (Wildman–Crippen LogP) is 4.75. The Morgan fingerprint density at radius 1 is 1.00 bits per heavy atom. The molecule has 3 heterocycles. The normalized spacial score (nSPS) is 11.5. The Morgan fingerprint density at radius 2 is 1.72 bits per heavy atom. The van der Waals surface area contributed by atoms with Gasteiger partial charge in [-0.2, -0.15) is 5.10 Å². The van der Waals surface area contributed by atoms with Crippen LogP contribution in [0, 0.1) is 0 Å². The lowest BCUT2D eigenvalue weighted by molar-refractivity contribution is 0.0699. The van der Waals surface area contributed by atoms with E-state index in [1.807, 2.05) is 24.3 Å². The van der Waals surface area contributed by atoms with Crippen LogP contribution in [0.15, 0.2) is 83.9 Å². The van der Waals surface area contributed by atoms with E-state index in [0.29, 0.717) is 22.3 Å². The van der Waals surface area contributed by atoms with E-state index in [-0.39, 0.29) is 21.9 Å². The van der Waals surface area contributed by atoms with Crippen molar-refractivity contribution in [1.82, 2.24) is 20.2 Å². The number of anilines is 1. The summed E-state index contributed by atoms with van der Waals surface area (Å²) in [7, 11) is -3.85. The molecule has 36 heavy (non-hydrogen) atoms. The second-order valence-electron chi connectivity index (χ2n) is 8.05. The number of aromatic carboxylic acids is 1. The monoisotopic (exact) mass is 499 g/mol. The van der Waals surface area contributed by atoms with Gasteiger partial charge in [0.15, 0.2) is 5.65 Å². The lowest BCUT2D eigenvalue weighted by Crippen LogP contribution is -2.13. The van der Waals surface area contributed by atoms with E-state index in [1.54, 1.807) is 30.3 Å². The van der Waals surface area contributed by atoms with E-state index >= 15 is 0 Å². The van der Waals surface area contributed by atoms with Crippen LogP contribution in [-0.4, -0.2) is 39.7 Å². The van der Waals surface area contributed by atoms with Crippen molar-refractivity contribution in [2.24, 2.45) is 0 Å². The molecule has 0 unspecified atom stereocenters. The zero-order chi connectivity index (χ0) is 25.3. The average molecular weight is 500 g/mol. The molecular weight excluding hydrogens is 478 g/mol. The summed E-state index contributed by atoms with van der Waals surface area (Å²) in [5, 5.41) is 17.5. The minimum absolute atomic E-state index is 0.0361. The quantitative estimate of drug-likeness (QED) is 0.294. The minimum atomic E-state index is -3.85. The van der Waals surface area contributed by atoms with Gasteiger partial charge in [0.2, 0.25) is 0 Å². The van der Waals surface area contributed by atoms with Crippen LogP contribution >= 0.6 is 0 Å². The molecule has 0 radical (unpaired) electrons. The third kappa shape index (κ3) is 4.41. The van der Waals surface area contributed by atoms with Crippen molar-refractivity contribution in [2.75, 3.05) is 4.72 Å². The number of carboxylic acids is 1. The van der Waals surface area contributed by atoms with Gasteiger partial charge < -0.3 is 5.11 Å². The first-order chi connectivity index (χ1) is 17.4. The van der Waals surface area contributed by atoms with Crippen molar-refractivity contribution in [1.29, 1.82) is 0 Å². The lowest BCUT2D eigenvalue weighted by Gasteiger charge is -2.09. The Morgan fingerprint density at radius 3 is 2.36 bits per heavy atom. The van der Waals surface area contributed by atoms with Crippen molar-refractivity contribution >= 4 is 32.8 Å². The first-order valence-electron chi connectivity index (χ1n) is 11.1. The maximum absolute atomic E-state index is 12.7. The summed E-state index contributed by atoms with van der Waals surface area (Å²) in [6.07, 6.45) is 2.39. The molecular formula is C26H21N5O4S. The van der Waals surface area contributed by atoms with Crippen molar-refractivity contribution in [2.45, 2.75) is 18.2 Å². The number of pyridine rings is 2. The number of nitrogens with one attached hydrogen (secondary N) is 2. The largest absolute Gasteiger partial charge is 0.478 e. The summed E-state index contributed by atoms with van der Waals surface area (Å²) in [6.45, 7) is 2.06. The number of hydrogen-bond donors (Lipinski definition) is 3. The van der Waals surface area contributed by atoms with Gasteiger partial charge in [-0.3, -0.25) is 9.82 Å². The van der Waals surface area contributed by atoms with Gasteiger partial charge in [0.1, 0.15) is 5.82 Å². The van der Waals surface area contributed by atoms with Crippen molar-refractivity contribution < 1.29 is 18.3 Å². The maximum Gasteiger partial charge on any atom is 0.336 e. The molecule has 0 aliphatic carbocycles. The molecule has 0 aliphatic rings. The van der Waals surface area contributed by atoms with Crippen LogP contribution in [0.4, 0.5) is 5.82 Å². The molecule has 0 bridgehead atoms. The first kappa shape index (κ1) is 23.2. The highest BCUT2D eigenvalue weighted by Gasteiger charge is 2.20. The lowest BCUT2D eigenvalue weighted by atomic mass is 10.0. The highest BCUT2D eigenvalue weighted by atomic mass is 32.2. The number of nitrogens with zero attached hydrogens (tertiary/aromatic N) is 3. The molecule has 5 aromatic rings. The third-order valence-corrected chi connectivity index (χ3v) is 7.14. The van der Waals surface area contributed by atoms with Crippen LogP contribution in [0.3, 0.4) is 0 Å². The molecule has 9 nitrogen and oxygen atoms in total. The molecule has 0 atom stereocenters. The molecule has 3 aromatic heterocycles. The number of carboxylic acid groups (broad SMARTS) is 1. The predicted molar refractivity (Wildman–Crippen MR) is 136 cm³/mol. The Bertz CT molecular complexity index is 1660. The van der Waals surface area contributed by atoms with E-state index in [9.17, 15) is 18.3 Å². The first-order valence-corrected chi connectivity index (χ1v) is 12.6. The fourth-order valence-electron chi connectivity index (χ4n) is 3.88. The van der Waals surface area contributed by atoms with E-state index in [1.165, 1.54) is 30.0 Å². The van der Waals surface area contributed by atoms with E-state index in [0.717, 1.165) is 12.0 Å². The fourth-order valence-corrected chi connectivity index (χ4v) is 4.89. The number of aryl methyl sites for hydroxylation is 1. The van der Waals surface area contributed by atoms with E-state index in [4.69, 9.17) is 0 Å². The van der Waals surface area contributed by atoms with Crippen LogP contribution in [0.2, 0.25) is 0 Å². The maximum atomic E-state index is 12.7. The van der Waals surface area contributed by atoms with Crippen molar-refractivity contribution in [3.05, 3.63) is 90.1 Å². The van der Waals surface area contributed by atoms with E-state index < -0.39 is 16.0 Å². The molecule has 0 spiro atoms. The van der Waals surface area contributed by atoms with Crippen LogP contribution < -0.4 is 4.72 Å². The molecule has 0 saturated heterocycles. The Hall–Kier alpha value is -4.57. The molecule has 0 fully saturated rings. The molecule has 5 rings (SSSR count). The number of benzene rings is 2.